The SMILES string of the molecule is Oc1ccc(/C=N/N=C2\C[C@@H](c3ccccc3)N=N2)c(O)c1. The predicted molar refractivity (Wildman–Crippen MR) is 83.5 cm³/mol. The molecule has 6 heteroatoms. The highest BCUT2D eigenvalue weighted by Gasteiger charge is 2.19. The first-order chi connectivity index (χ1) is 10.7. The van der Waals surface area contributed by atoms with Crippen molar-refractivity contribution in [3.8, 4) is 11.5 Å². The van der Waals surface area contributed by atoms with E-state index in [0.717, 1.165) is 5.56 Å². The lowest BCUT2D eigenvalue weighted by Gasteiger charge is -2.02. The van der Waals surface area contributed by atoms with Crippen LogP contribution in [0.2, 0.25) is 0 Å². The zero-order chi connectivity index (χ0) is 15.4. The van der Waals surface area contributed by atoms with Crippen molar-refractivity contribution in [2.75, 3.05) is 0 Å². The van der Waals surface area contributed by atoms with E-state index in [9.17, 15) is 10.2 Å². The molecule has 0 fully saturated rings. The maximum atomic E-state index is 9.63. The van der Waals surface area contributed by atoms with E-state index >= 15 is 0 Å². The van der Waals surface area contributed by atoms with Crippen molar-refractivity contribution >= 4 is 12.1 Å². The van der Waals surface area contributed by atoms with E-state index < -0.39 is 0 Å². The summed E-state index contributed by atoms with van der Waals surface area (Å²) in [6.45, 7) is 0. The van der Waals surface area contributed by atoms with Crippen LogP contribution in [0.25, 0.3) is 0 Å². The topological polar surface area (TPSA) is 89.9 Å². The van der Waals surface area contributed by atoms with Crippen LogP contribution in [0.15, 0.2) is 69.0 Å². The quantitative estimate of drug-likeness (QED) is 0.670. The van der Waals surface area contributed by atoms with Crippen molar-refractivity contribution in [1.29, 1.82) is 0 Å². The third-order valence-corrected chi connectivity index (χ3v) is 3.26. The molecule has 1 heterocycles. The fourth-order valence-corrected chi connectivity index (χ4v) is 2.11. The number of aromatic hydroxyl groups is 2. The lowest BCUT2D eigenvalue weighted by atomic mass is 10.1. The van der Waals surface area contributed by atoms with Gasteiger partial charge in [-0.2, -0.15) is 10.2 Å². The molecule has 2 aromatic carbocycles. The molecule has 0 amide bonds. The van der Waals surface area contributed by atoms with Crippen LogP contribution in [0.5, 0.6) is 11.5 Å². The lowest BCUT2D eigenvalue weighted by molar-refractivity contribution is 0.450. The molecule has 1 aliphatic rings. The van der Waals surface area contributed by atoms with Gasteiger partial charge in [-0.1, -0.05) is 30.3 Å². The van der Waals surface area contributed by atoms with E-state index in [1.807, 2.05) is 30.3 Å². The van der Waals surface area contributed by atoms with E-state index in [4.69, 9.17) is 0 Å². The number of hydrogen-bond acceptors (Lipinski definition) is 5. The number of azo groups is 1. The zero-order valence-corrected chi connectivity index (χ0v) is 11.7. The normalized spacial score (nSPS) is 19.3. The van der Waals surface area contributed by atoms with Gasteiger partial charge in [-0.15, -0.1) is 10.2 Å². The van der Waals surface area contributed by atoms with Crippen molar-refractivity contribution in [3.63, 3.8) is 0 Å². The summed E-state index contributed by atoms with van der Waals surface area (Å²) in [4.78, 5) is 0. The van der Waals surface area contributed by atoms with E-state index in [1.54, 1.807) is 6.07 Å². The maximum absolute atomic E-state index is 9.63. The molecule has 0 aliphatic carbocycles. The summed E-state index contributed by atoms with van der Waals surface area (Å²) in [6.07, 6.45) is 2.01. The van der Waals surface area contributed by atoms with Gasteiger partial charge in [-0.3, -0.25) is 0 Å². The molecule has 0 radical (unpaired) electrons. The molecule has 22 heavy (non-hydrogen) atoms. The molecule has 0 spiro atoms. The zero-order valence-electron chi connectivity index (χ0n) is 11.7. The van der Waals surface area contributed by atoms with Gasteiger partial charge in [-0.25, -0.2) is 0 Å². The molecule has 0 unspecified atom stereocenters. The Hall–Kier alpha value is -3.02. The highest BCUT2D eigenvalue weighted by Crippen LogP contribution is 2.27. The fraction of sp³-hybridized carbons (Fsp3) is 0.125. The highest BCUT2D eigenvalue weighted by atomic mass is 16.3. The second-order valence-electron chi connectivity index (χ2n) is 4.85. The Morgan fingerprint density at radius 2 is 1.91 bits per heavy atom. The van der Waals surface area contributed by atoms with Gasteiger partial charge in [0.05, 0.1) is 6.21 Å². The Kier molecular flexibility index (Phi) is 3.91. The minimum Gasteiger partial charge on any atom is -0.508 e. The van der Waals surface area contributed by atoms with Crippen LogP contribution in [0, 0.1) is 0 Å². The summed E-state index contributed by atoms with van der Waals surface area (Å²) >= 11 is 0. The Bertz CT molecular complexity index is 754. The largest absolute Gasteiger partial charge is 0.508 e. The Balaban J connectivity index is 1.67. The van der Waals surface area contributed by atoms with Crippen LogP contribution < -0.4 is 0 Å². The molecule has 2 aromatic rings. The average Bonchev–Trinajstić information content (AvgIpc) is 2.99. The van der Waals surface area contributed by atoms with Gasteiger partial charge in [0.25, 0.3) is 0 Å². The highest BCUT2D eigenvalue weighted by molar-refractivity contribution is 5.87. The number of phenolic OH excluding ortho intramolecular Hbond substituents is 2. The van der Waals surface area contributed by atoms with Gasteiger partial charge in [0.15, 0.2) is 5.84 Å². The van der Waals surface area contributed by atoms with Gasteiger partial charge >= 0.3 is 0 Å². The molecule has 0 saturated heterocycles. The number of amidine groups is 1. The van der Waals surface area contributed by atoms with Crippen molar-refractivity contribution < 1.29 is 10.2 Å². The minimum absolute atomic E-state index is 0.00346. The number of hydrogen-bond donors (Lipinski definition) is 2. The van der Waals surface area contributed by atoms with Crippen LogP contribution in [0.4, 0.5) is 0 Å². The summed E-state index contributed by atoms with van der Waals surface area (Å²) in [5.74, 6) is 0.485. The van der Waals surface area contributed by atoms with E-state index in [1.165, 1.54) is 18.3 Å². The van der Waals surface area contributed by atoms with E-state index in [0.29, 0.717) is 17.8 Å². The molecule has 1 aliphatic heterocycles. The van der Waals surface area contributed by atoms with Crippen LogP contribution in [0.3, 0.4) is 0 Å². The van der Waals surface area contributed by atoms with Crippen LogP contribution >= 0.6 is 0 Å². The maximum Gasteiger partial charge on any atom is 0.175 e. The van der Waals surface area contributed by atoms with E-state index in [-0.39, 0.29) is 17.5 Å². The number of rotatable bonds is 3. The monoisotopic (exact) mass is 294 g/mol. The van der Waals surface area contributed by atoms with Crippen molar-refractivity contribution in [3.05, 3.63) is 59.7 Å². The molecule has 6 nitrogen and oxygen atoms in total. The molecule has 110 valence electrons. The summed E-state index contributed by atoms with van der Waals surface area (Å²) < 4.78 is 0. The molecule has 2 N–H and O–H groups in total. The Labute approximate surface area is 127 Å². The minimum atomic E-state index is -0.0563. The summed E-state index contributed by atoms with van der Waals surface area (Å²) in [7, 11) is 0. The van der Waals surface area contributed by atoms with Gasteiger partial charge in [-0.05, 0) is 17.7 Å². The summed E-state index contributed by atoms with van der Waals surface area (Å²) in [6, 6.07) is 14.1. The fourth-order valence-electron chi connectivity index (χ4n) is 2.11. The third kappa shape index (κ3) is 3.17. The summed E-state index contributed by atoms with van der Waals surface area (Å²) in [5, 5.41) is 35.0. The standard InChI is InChI=1S/C16H14N4O2/c21-13-7-6-12(15(22)8-13)10-17-19-16-9-14(18-20-16)11-4-2-1-3-5-11/h1-8,10,14,21-22H,9H2/b17-10+,19-16+/t14-/m0/s1. The first-order valence-corrected chi connectivity index (χ1v) is 6.80. The Morgan fingerprint density at radius 3 is 2.68 bits per heavy atom. The second-order valence-corrected chi connectivity index (χ2v) is 4.85. The smallest absolute Gasteiger partial charge is 0.175 e. The molecule has 1 atom stereocenters. The lowest BCUT2D eigenvalue weighted by Crippen LogP contribution is -1.95. The van der Waals surface area contributed by atoms with Crippen molar-refractivity contribution in [1.82, 2.24) is 0 Å². The van der Waals surface area contributed by atoms with Gasteiger partial charge in [0.2, 0.25) is 0 Å². The van der Waals surface area contributed by atoms with Crippen molar-refractivity contribution in [2.45, 2.75) is 12.5 Å². The second kappa shape index (κ2) is 6.17. The van der Waals surface area contributed by atoms with Gasteiger partial charge < -0.3 is 10.2 Å². The number of benzene rings is 2. The molecular weight excluding hydrogens is 280 g/mol. The first kappa shape index (κ1) is 13.9. The average molecular weight is 294 g/mol. The molecule has 0 bridgehead atoms. The van der Waals surface area contributed by atoms with Gasteiger partial charge in [0, 0.05) is 18.1 Å². The van der Waals surface area contributed by atoms with Gasteiger partial charge in [0.1, 0.15) is 17.5 Å². The van der Waals surface area contributed by atoms with E-state index in [2.05, 4.69) is 20.4 Å². The Morgan fingerprint density at radius 1 is 1.09 bits per heavy atom. The predicted octanol–water partition coefficient (Wildman–Crippen LogP) is 3.43. The van der Waals surface area contributed by atoms with Crippen LogP contribution in [0.1, 0.15) is 23.6 Å². The first-order valence-electron chi connectivity index (χ1n) is 6.80. The number of phenols is 2. The molecular formula is C16H14N4O2. The molecule has 0 saturated carbocycles. The molecule has 3 rings (SSSR count). The third-order valence-electron chi connectivity index (χ3n) is 3.26. The van der Waals surface area contributed by atoms with Crippen LogP contribution in [-0.2, 0) is 0 Å². The molecule has 0 aromatic heterocycles. The number of nitrogens with zero attached hydrogens (tertiary/aromatic N) is 4. The summed E-state index contributed by atoms with van der Waals surface area (Å²) in [5.41, 5.74) is 1.56. The van der Waals surface area contributed by atoms with Crippen LogP contribution in [-0.4, -0.2) is 22.3 Å². The van der Waals surface area contributed by atoms with Crippen molar-refractivity contribution in [2.24, 2.45) is 20.4 Å².